The van der Waals surface area contributed by atoms with Crippen LogP contribution in [0, 0.1) is 0 Å². The number of rotatable bonds is 2. The van der Waals surface area contributed by atoms with Crippen molar-refractivity contribution in [1.29, 1.82) is 0 Å². The Labute approximate surface area is 132 Å². The van der Waals surface area contributed by atoms with Crippen LogP contribution in [0.1, 0.15) is 10.5 Å². The van der Waals surface area contributed by atoms with Crippen LogP contribution < -0.4 is 34.7 Å². The third-order valence-electron chi connectivity index (χ3n) is 2.95. The summed E-state index contributed by atoms with van der Waals surface area (Å²) < 4.78 is 0. The fourth-order valence-electron chi connectivity index (χ4n) is 2.05. The first-order chi connectivity index (χ1) is 8.74. The molecule has 0 radical (unpaired) electrons. The molecule has 19 heavy (non-hydrogen) atoms. The minimum Gasteiger partial charge on any atom is -0.543 e. The van der Waals surface area contributed by atoms with Gasteiger partial charge in [-0.3, -0.25) is 0 Å². The normalized spacial score (nSPS) is 10.1. The van der Waals surface area contributed by atoms with Crippen molar-refractivity contribution in [3.63, 3.8) is 0 Å². The Balaban J connectivity index is 0.00000133. The average molecular weight is 259 g/mol. The number of carbonyl (C=O) groups excluding carboxylic acids is 1. The van der Waals surface area contributed by atoms with Gasteiger partial charge in [0, 0.05) is 10.9 Å². The van der Waals surface area contributed by atoms with Crippen LogP contribution in [0.5, 0.6) is 0 Å². The van der Waals surface area contributed by atoms with Crippen molar-refractivity contribution >= 4 is 16.9 Å². The molecular formula is C15H10NNaO2. The molecule has 0 aliphatic carbocycles. The molecule has 88 valence electrons. The first kappa shape index (κ1) is 13.9. The van der Waals surface area contributed by atoms with E-state index < -0.39 is 5.97 Å². The van der Waals surface area contributed by atoms with Gasteiger partial charge in [-0.05, 0) is 29.3 Å². The van der Waals surface area contributed by atoms with Crippen molar-refractivity contribution in [2.45, 2.75) is 0 Å². The minimum atomic E-state index is -1.19. The third kappa shape index (κ3) is 2.73. The van der Waals surface area contributed by atoms with Crippen molar-refractivity contribution in [3.8, 4) is 11.1 Å². The van der Waals surface area contributed by atoms with E-state index in [0.29, 0.717) is 0 Å². The molecule has 3 nitrogen and oxygen atoms in total. The number of hydrogen-bond acceptors (Lipinski definition) is 2. The molecule has 0 aliphatic rings. The monoisotopic (exact) mass is 259 g/mol. The Morgan fingerprint density at radius 2 is 1.68 bits per heavy atom. The molecule has 4 heteroatoms. The Morgan fingerprint density at radius 3 is 2.37 bits per heavy atom. The van der Waals surface area contributed by atoms with Crippen molar-refractivity contribution in [3.05, 3.63) is 60.3 Å². The number of H-pyrrole nitrogens is 1. The number of fused-ring (bicyclic) bond motifs is 1. The predicted octanol–water partition coefficient (Wildman–Crippen LogP) is -0.798. The maximum absolute atomic E-state index is 10.8. The molecule has 1 N–H and O–H groups in total. The van der Waals surface area contributed by atoms with E-state index in [4.69, 9.17) is 0 Å². The Kier molecular flexibility index (Phi) is 4.10. The Bertz CT molecular complexity index is 719. The summed E-state index contributed by atoms with van der Waals surface area (Å²) in [6.07, 6.45) is 0. The first-order valence-electron chi connectivity index (χ1n) is 5.63. The van der Waals surface area contributed by atoms with Gasteiger partial charge < -0.3 is 14.9 Å². The van der Waals surface area contributed by atoms with Gasteiger partial charge in [-0.25, -0.2) is 0 Å². The van der Waals surface area contributed by atoms with E-state index >= 15 is 0 Å². The summed E-state index contributed by atoms with van der Waals surface area (Å²) in [5.74, 6) is -1.19. The maximum Gasteiger partial charge on any atom is 1.00 e. The molecule has 3 rings (SSSR count). The molecule has 0 amide bonds. The van der Waals surface area contributed by atoms with Gasteiger partial charge in [0.15, 0.2) is 0 Å². The molecule has 0 fully saturated rings. The summed E-state index contributed by atoms with van der Waals surface area (Å²) in [7, 11) is 0. The van der Waals surface area contributed by atoms with Crippen LogP contribution in [0.15, 0.2) is 54.6 Å². The van der Waals surface area contributed by atoms with E-state index in [1.165, 1.54) is 0 Å². The summed E-state index contributed by atoms with van der Waals surface area (Å²) in [5, 5.41) is 11.7. The molecule has 3 aromatic rings. The molecular weight excluding hydrogens is 249 g/mol. The van der Waals surface area contributed by atoms with E-state index in [1.54, 1.807) is 6.07 Å². The van der Waals surface area contributed by atoms with Gasteiger partial charge in [-0.2, -0.15) is 0 Å². The number of carbonyl (C=O) groups is 1. The zero-order chi connectivity index (χ0) is 12.5. The third-order valence-corrected chi connectivity index (χ3v) is 2.95. The minimum absolute atomic E-state index is 0. The number of hydrogen-bond donors (Lipinski definition) is 1. The van der Waals surface area contributed by atoms with Crippen molar-refractivity contribution in [2.24, 2.45) is 0 Å². The molecule has 0 unspecified atom stereocenters. The average Bonchev–Trinajstić information content (AvgIpc) is 2.82. The number of carboxylic acids is 1. The van der Waals surface area contributed by atoms with Gasteiger partial charge in [-0.1, -0.05) is 36.4 Å². The quantitative estimate of drug-likeness (QED) is 0.613. The topological polar surface area (TPSA) is 55.9 Å². The summed E-state index contributed by atoms with van der Waals surface area (Å²) in [6, 6.07) is 17.4. The molecule has 0 spiro atoms. The second kappa shape index (κ2) is 5.61. The second-order valence-corrected chi connectivity index (χ2v) is 4.14. The molecule has 0 aliphatic heterocycles. The molecule has 0 atom stereocenters. The second-order valence-electron chi connectivity index (χ2n) is 4.14. The standard InChI is InChI=1S/C15H11NO2.Na/c17-15(18)14-9-12-8-11(6-7-13(12)16-14)10-4-2-1-3-5-10;/h1-9,16H,(H,17,18);/q;+1/p-1. The fraction of sp³-hybridized carbons (Fsp3) is 0. The van der Waals surface area contributed by atoms with Crippen LogP contribution in [0.4, 0.5) is 0 Å². The molecule has 2 aromatic carbocycles. The number of aromatic carboxylic acids is 1. The van der Waals surface area contributed by atoms with Gasteiger partial charge in [0.2, 0.25) is 0 Å². The molecule has 0 bridgehead atoms. The van der Waals surface area contributed by atoms with Crippen LogP contribution >= 0.6 is 0 Å². The zero-order valence-electron chi connectivity index (χ0n) is 10.5. The molecule has 1 aromatic heterocycles. The van der Waals surface area contributed by atoms with Crippen LogP contribution in [-0.2, 0) is 0 Å². The zero-order valence-corrected chi connectivity index (χ0v) is 12.5. The summed E-state index contributed by atoms with van der Waals surface area (Å²) in [4.78, 5) is 13.6. The van der Waals surface area contributed by atoms with Crippen molar-refractivity contribution < 1.29 is 39.5 Å². The largest absolute Gasteiger partial charge is 1.00 e. The fourth-order valence-corrected chi connectivity index (χ4v) is 2.05. The Morgan fingerprint density at radius 1 is 0.947 bits per heavy atom. The number of carboxylic acid groups (broad SMARTS) is 1. The van der Waals surface area contributed by atoms with Crippen LogP contribution in [0.2, 0.25) is 0 Å². The van der Waals surface area contributed by atoms with Gasteiger partial charge >= 0.3 is 29.6 Å². The SMILES string of the molecule is O=C([O-])c1cc2cc(-c3ccccc3)ccc2[nH]1.[Na+]. The van der Waals surface area contributed by atoms with E-state index in [1.807, 2.05) is 48.5 Å². The van der Waals surface area contributed by atoms with Gasteiger partial charge in [0.25, 0.3) is 0 Å². The van der Waals surface area contributed by atoms with Crippen molar-refractivity contribution in [2.75, 3.05) is 0 Å². The van der Waals surface area contributed by atoms with E-state index in [2.05, 4.69) is 4.98 Å². The van der Waals surface area contributed by atoms with Crippen LogP contribution in [0.3, 0.4) is 0 Å². The molecule has 0 saturated carbocycles. The molecule has 0 saturated heterocycles. The van der Waals surface area contributed by atoms with Gasteiger partial charge in [-0.15, -0.1) is 0 Å². The van der Waals surface area contributed by atoms with Crippen LogP contribution in [0.25, 0.3) is 22.0 Å². The smallest absolute Gasteiger partial charge is 0.543 e. The van der Waals surface area contributed by atoms with Gasteiger partial charge in [0.1, 0.15) is 0 Å². The predicted molar refractivity (Wildman–Crippen MR) is 68.1 cm³/mol. The number of aromatic amines is 1. The summed E-state index contributed by atoms with van der Waals surface area (Å²) >= 11 is 0. The maximum atomic E-state index is 10.8. The molecule has 1 heterocycles. The summed E-state index contributed by atoms with van der Waals surface area (Å²) in [5.41, 5.74) is 3.08. The first-order valence-corrected chi connectivity index (χ1v) is 5.63. The number of nitrogens with one attached hydrogen (secondary N) is 1. The number of aromatic nitrogens is 1. The van der Waals surface area contributed by atoms with E-state index in [-0.39, 0.29) is 35.3 Å². The van der Waals surface area contributed by atoms with Gasteiger partial charge in [0.05, 0.1) is 11.7 Å². The van der Waals surface area contributed by atoms with E-state index in [9.17, 15) is 9.90 Å². The number of benzene rings is 2. The van der Waals surface area contributed by atoms with Crippen molar-refractivity contribution in [1.82, 2.24) is 4.98 Å². The Hall–Kier alpha value is -1.55. The van der Waals surface area contributed by atoms with Crippen LogP contribution in [-0.4, -0.2) is 11.0 Å². The van der Waals surface area contributed by atoms with E-state index in [0.717, 1.165) is 22.0 Å². The summed E-state index contributed by atoms with van der Waals surface area (Å²) in [6.45, 7) is 0.